The Labute approximate surface area is 166 Å². The fourth-order valence-corrected chi connectivity index (χ4v) is 4.22. The van der Waals surface area contributed by atoms with Gasteiger partial charge < -0.3 is 14.8 Å². The van der Waals surface area contributed by atoms with Gasteiger partial charge in [0, 0.05) is 17.6 Å². The topological polar surface area (TPSA) is 37.3 Å². The molecule has 4 nitrogen and oxygen atoms in total. The number of fused-ring (bicyclic) bond motifs is 3. The predicted octanol–water partition coefficient (Wildman–Crippen LogP) is 5.84. The number of hydrogen-bond donors (Lipinski definition) is 1. The van der Waals surface area contributed by atoms with Crippen LogP contribution in [0.25, 0.3) is 5.69 Å². The number of nitrogens with one attached hydrogen (secondary N) is 1. The largest absolute Gasteiger partial charge is 0.322 e. The van der Waals surface area contributed by atoms with Crippen LogP contribution in [0.15, 0.2) is 60.8 Å². The smallest absolute Gasteiger partial charge is 0.318 e. The number of benzene rings is 2. The fraction of sp³-hybridized carbons (Fsp3) is 0.292. The minimum atomic E-state index is -0.0601. The first kappa shape index (κ1) is 18.4. The highest BCUT2D eigenvalue weighted by Crippen LogP contribution is 2.37. The quantitative estimate of drug-likeness (QED) is 0.602. The molecule has 0 saturated carbocycles. The van der Waals surface area contributed by atoms with Gasteiger partial charge in [0.1, 0.15) is 0 Å². The van der Waals surface area contributed by atoms with Crippen molar-refractivity contribution in [1.29, 1.82) is 0 Å². The zero-order chi connectivity index (χ0) is 19.8. The van der Waals surface area contributed by atoms with Gasteiger partial charge in [-0.05, 0) is 55.2 Å². The number of nitrogens with zero attached hydrogens (tertiary/aromatic N) is 2. The van der Waals surface area contributed by atoms with E-state index in [1.54, 1.807) is 0 Å². The third kappa shape index (κ3) is 3.19. The summed E-state index contributed by atoms with van der Waals surface area (Å²) in [5, 5.41) is 3.15. The van der Waals surface area contributed by atoms with Gasteiger partial charge in [-0.2, -0.15) is 0 Å². The van der Waals surface area contributed by atoms with Gasteiger partial charge in [0.05, 0.1) is 18.3 Å². The lowest BCUT2D eigenvalue weighted by atomic mass is 9.99. The lowest BCUT2D eigenvalue weighted by molar-refractivity contribution is 0.162. The zero-order valence-electron chi connectivity index (χ0n) is 16.9. The summed E-state index contributed by atoms with van der Waals surface area (Å²) in [4.78, 5) is 15.4. The van der Waals surface area contributed by atoms with Gasteiger partial charge >= 0.3 is 6.03 Å². The molecule has 1 aromatic heterocycles. The number of carbonyl (C=O) groups excluding carboxylic acids is 1. The van der Waals surface area contributed by atoms with E-state index in [9.17, 15) is 4.79 Å². The second kappa shape index (κ2) is 7.19. The van der Waals surface area contributed by atoms with E-state index in [4.69, 9.17) is 0 Å². The van der Waals surface area contributed by atoms with Crippen LogP contribution in [0.3, 0.4) is 0 Å². The van der Waals surface area contributed by atoms with Crippen LogP contribution in [0, 0.1) is 19.8 Å². The number of amides is 2. The van der Waals surface area contributed by atoms with Gasteiger partial charge in [0.2, 0.25) is 0 Å². The molecule has 1 aliphatic rings. The standard InChI is InChI=1S/C24H27N3O/c1-16(2)23-22-10-7-13-26(22)21-9-6-5-8-19(21)15-27(23)24(28)25-20-12-11-17(3)14-18(20)4/h5-14,16,23H,15H2,1-4H3,(H,25,28). The van der Waals surface area contributed by atoms with Crippen LogP contribution in [-0.4, -0.2) is 15.5 Å². The third-order valence-electron chi connectivity index (χ3n) is 5.53. The highest BCUT2D eigenvalue weighted by atomic mass is 16.2. The summed E-state index contributed by atoms with van der Waals surface area (Å²) in [6.07, 6.45) is 2.09. The number of anilines is 1. The lowest BCUT2D eigenvalue weighted by Gasteiger charge is -2.33. The Hall–Kier alpha value is -3.01. The average Bonchev–Trinajstić information content (AvgIpc) is 3.07. The fourth-order valence-electron chi connectivity index (χ4n) is 4.22. The molecule has 1 aliphatic heterocycles. The molecule has 144 valence electrons. The second-order valence-corrected chi connectivity index (χ2v) is 8.00. The first-order valence-electron chi connectivity index (χ1n) is 9.86. The second-order valence-electron chi connectivity index (χ2n) is 8.00. The normalized spacial score (nSPS) is 15.8. The Kier molecular flexibility index (Phi) is 4.71. The van der Waals surface area contributed by atoms with Gasteiger partial charge in [-0.25, -0.2) is 4.79 Å². The van der Waals surface area contributed by atoms with Gasteiger partial charge in [-0.3, -0.25) is 0 Å². The van der Waals surface area contributed by atoms with Crippen molar-refractivity contribution < 1.29 is 4.79 Å². The molecule has 0 spiro atoms. The molecule has 4 heteroatoms. The molecule has 28 heavy (non-hydrogen) atoms. The molecule has 0 bridgehead atoms. The van der Waals surface area contributed by atoms with Gasteiger partial charge in [-0.1, -0.05) is 49.7 Å². The maximum absolute atomic E-state index is 13.4. The van der Waals surface area contributed by atoms with E-state index in [1.165, 1.54) is 5.56 Å². The molecule has 0 fully saturated rings. The van der Waals surface area contributed by atoms with Crippen molar-refractivity contribution in [3.8, 4) is 5.69 Å². The molecule has 1 atom stereocenters. The van der Waals surface area contributed by atoms with Gasteiger partial charge in [0.15, 0.2) is 0 Å². The number of para-hydroxylation sites is 1. The molecule has 2 heterocycles. The van der Waals surface area contributed by atoms with Crippen molar-refractivity contribution in [1.82, 2.24) is 9.47 Å². The van der Waals surface area contributed by atoms with E-state index < -0.39 is 0 Å². The molecule has 0 aliphatic carbocycles. The number of aryl methyl sites for hydroxylation is 2. The summed E-state index contributed by atoms with van der Waals surface area (Å²) in [5.41, 5.74) is 6.58. The SMILES string of the molecule is Cc1ccc(NC(=O)N2Cc3ccccc3-n3cccc3C2C(C)C)c(C)c1. The molecule has 0 radical (unpaired) electrons. The van der Waals surface area contributed by atoms with E-state index in [1.807, 2.05) is 30.0 Å². The van der Waals surface area contributed by atoms with Gasteiger partial charge in [-0.15, -0.1) is 0 Å². The van der Waals surface area contributed by atoms with Crippen LogP contribution in [-0.2, 0) is 6.54 Å². The summed E-state index contributed by atoms with van der Waals surface area (Å²) in [7, 11) is 0. The van der Waals surface area contributed by atoms with Gasteiger partial charge in [0.25, 0.3) is 0 Å². The number of hydrogen-bond acceptors (Lipinski definition) is 1. The Morgan fingerprint density at radius 2 is 1.86 bits per heavy atom. The molecule has 4 rings (SSSR count). The molecule has 1 unspecified atom stereocenters. The maximum atomic E-state index is 13.4. The van der Waals surface area contributed by atoms with Crippen molar-refractivity contribution >= 4 is 11.7 Å². The van der Waals surface area contributed by atoms with E-state index in [2.05, 4.69) is 73.3 Å². The first-order chi connectivity index (χ1) is 13.5. The zero-order valence-corrected chi connectivity index (χ0v) is 16.9. The lowest BCUT2D eigenvalue weighted by Crippen LogP contribution is -2.39. The Morgan fingerprint density at radius 3 is 2.61 bits per heavy atom. The minimum Gasteiger partial charge on any atom is -0.318 e. The van der Waals surface area contributed by atoms with E-state index >= 15 is 0 Å². The van der Waals surface area contributed by atoms with Crippen LogP contribution in [0.2, 0.25) is 0 Å². The number of rotatable bonds is 2. The highest BCUT2D eigenvalue weighted by Gasteiger charge is 2.33. The average molecular weight is 374 g/mol. The number of carbonyl (C=O) groups is 1. The Balaban J connectivity index is 1.76. The molecule has 0 saturated heterocycles. The van der Waals surface area contributed by atoms with Crippen LogP contribution in [0.5, 0.6) is 0 Å². The maximum Gasteiger partial charge on any atom is 0.322 e. The van der Waals surface area contributed by atoms with Crippen molar-refractivity contribution in [2.24, 2.45) is 5.92 Å². The van der Waals surface area contributed by atoms with Crippen molar-refractivity contribution in [3.63, 3.8) is 0 Å². The van der Waals surface area contributed by atoms with Crippen LogP contribution < -0.4 is 5.32 Å². The van der Waals surface area contributed by atoms with Crippen molar-refractivity contribution in [3.05, 3.63) is 83.2 Å². The Morgan fingerprint density at radius 1 is 1.07 bits per heavy atom. The number of aromatic nitrogens is 1. The molecule has 3 aromatic rings. The van der Waals surface area contributed by atoms with E-state index in [0.717, 1.165) is 28.2 Å². The Bertz CT molecular complexity index is 1020. The summed E-state index contributed by atoms with van der Waals surface area (Å²) in [6, 6.07) is 18.6. The summed E-state index contributed by atoms with van der Waals surface area (Å²) in [6.45, 7) is 9.03. The van der Waals surface area contributed by atoms with Crippen LogP contribution in [0.4, 0.5) is 10.5 Å². The summed E-state index contributed by atoms with van der Waals surface area (Å²) >= 11 is 0. The molecule has 2 amide bonds. The van der Waals surface area contributed by atoms with Crippen LogP contribution in [0.1, 0.15) is 42.3 Å². The van der Waals surface area contributed by atoms with E-state index in [0.29, 0.717) is 6.54 Å². The van der Waals surface area contributed by atoms with Crippen molar-refractivity contribution in [2.75, 3.05) is 5.32 Å². The minimum absolute atomic E-state index is 0.00634. The molecule has 1 N–H and O–H groups in total. The summed E-state index contributed by atoms with van der Waals surface area (Å²) in [5.74, 6) is 0.285. The third-order valence-corrected chi connectivity index (χ3v) is 5.53. The molecular weight excluding hydrogens is 346 g/mol. The van der Waals surface area contributed by atoms with E-state index in [-0.39, 0.29) is 18.0 Å². The van der Waals surface area contributed by atoms with Crippen molar-refractivity contribution in [2.45, 2.75) is 40.3 Å². The monoisotopic (exact) mass is 373 g/mol. The summed E-state index contributed by atoms with van der Waals surface area (Å²) < 4.78 is 2.23. The highest BCUT2D eigenvalue weighted by molar-refractivity contribution is 5.90. The predicted molar refractivity (Wildman–Crippen MR) is 114 cm³/mol. The number of urea groups is 1. The first-order valence-corrected chi connectivity index (χ1v) is 9.86. The van der Waals surface area contributed by atoms with Crippen LogP contribution >= 0.6 is 0 Å². The molecular formula is C24H27N3O. The molecule has 2 aromatic carbocycles.